The number of pyridine rings is 2. The largest absolute Gasteiger partial charge is 0.481 e. The van der Waals surface area contributed by atoms with E-state index in [-0.39, 0.29) is 5.91 Å². The van der Waals surface area contributed by atoms with Gasteiger partial charge in [-0.25, -0.2) is 15.0 Å². The molecule has 8 heteroatoms. The van der Waals surface area contributed by atoms with E-state index in [4.69, 9.17) is 4.74 Å². The SMILES string of the molecule is COc1ccc(CCC(=O)Nc2nc(-c3ccccn3)nc3sccc23)cn1. The van der Waals surface area contributed by atoms with Crippen molar-refractivity contribution < 1.29 is 9.53 Å². The molecule has 0 aromatic carbocycles. The zero-order valence-electron chi connectivity index (χ0n) is 15.1. The number of fused-ring (bicyclic) bond motifs is 1. The van der Waals surface area contributed by atoms with E-state index < -0.39 is 0 Å². The van der Waals surface area contributed by atoms with Crippen LogP contribution in [0.3, 0.4) is 0 Å². The van der Waals surface area contributed by atoms with Crippen molar-refractivity contribution in [1.29, 1.82) is 0 Å². The quantitative estimate of drug-likeness (QED) is 0.539. The maximum absolute atomic E-state index is 12.5. The lowest BCUT2D eigenvalue weighted by Gasteiger charge is -2.08. The molecule has 0 saturated carbocycles. The average Bonchev–Trinajstić information content (AvgIpc) is 3.22. The van der Waals surface area contributed by atoms with Crippen LogP contribution in [0.5, 0.6) is 5.88 Å². The van der Waals surface area contributed by atoms with E-state index in [1.54, 1.807) is 25.6 Å². The molecule has 140 valence electrons. The summed E-state index contributed by atoms with van der Waals surface area (Å²) < 4.78 is 5.05. The van der Waals surface area contributed by atoms with E-state index in [0.29, 0.717) is 36.1 Å². The van der Waals surface area contributed by atoms with Gasteiger partial charge in [0.15, 0.2) is 5.82 Å². The summed E-state index contributed by atoms with van der Waals surface area (Å²) in [6.07, 6.45) is 4.31. The Kier molecular flexibility index (Phi) is 5.20. The second-order valence-electron chi connectivity index (χ2n) is 6.01. The van der Waals surface area contributed by atoms with Crippen LogP contribution in [0.15, 0.2) is 54.2 Å². The zero-order chi connectivity index (χ0) is 19.3. The van der Waals surface area contributed by atoms with Gasteiger partial charge in [-0.05, 0) is 35.6 Å². The Bertz CT molecular complexity index is 1100. The monoisotopic (exact) mass is 391 g/mol. The molecule has 0 fully saturated rings. The first-order chi connectivity index (χ1) is 13.7. The number of anilines is 1. The lowest BCUT2D eigenvalue weighted by molar-refractivity contribution is -0.116. The van der Waals surface area contributed by atoms with Gasteiger partial charge in [-0.15, -0.1) is 11.3 Å². The van der Waals surface area contributed by atoms with E-state index in [0.717, 1.165) is 15.8 Å². The Balaban J connectivity index is 1.51. The van der Waals surface area contributed by atoms with Crippen LogP contribution in [0.25, 0.3) is 21.7 Å². The third kappa shape index (κ3) is 3.96. The van der Waals surface area contributed by atoms with E-state index in [2.05, 4.69) is 25.3 Å². The summed E-state index contributed by atoms with van der Waals surface area (Å²) in [6.45, 7) is 0. The molecule has 4 rings (SSSR count). The number of aromatic nitrogens is 4. The Hall–Kier alpha value is -3.39. The van der Waals surface area contributed by atoms with Gasteiger partial charge in [0.25, 0.3) is 0 Å². The van der Waals surface area contributed by atoms with Gasteiger partial charge in [-0.2, -0.15) is 0 Å². The molecule has 0 saturated heterocycles. The standard InChI is InChI=1S/C20H17N5O2S/c1-27-17-8-6-13(12-22-17)5-7-16(26)23-18-14-9-11-28-20(14)25-19(24-18)15-4-2-3-10-21-15/h2-4,6,8-12H,5,7H2,1H3,(H,23,24,25,26). The average molecular weight is 391 g/mol. The van der Waals surface area contributed by atoms with Crippen molar-refractivity contribution in [1.82, 2.24) is 19.9 Å². The first-order valence-corrected chi connectivity index (χ1v) is 9.56. The zero-order valence-corrected chi connectivity index (χ0v) is 15.9. The number of methoxy groups -OCH3 is 1. The second kappa shape index (κ2) is 8.10. The molecule has 0 aliphatic carbocycles. The Morgan fingerprint density at radius 2 is 2.07 bits per heavy atom. The van der Waals surface area contributed by atoms with Crippen LogP contribution in [0.4, 0.5) is 5.82 Å². The van der Waals surface area contributed by atoms with Crippen molar-refractivity contribution in [2.45, 2.75) is 12.8 Å². The molecule has 4 aromatic rings. The van der Waals surface area contributed by atoms with Crippen molar-refractivity contribution in [3.8, 4) is 17.4 Å². The number of hydrogen-bond donors (Lipinski definition) is 1. The fraction of sp³-hybridized carbons (Fsp3) is 0.150. The highest BCUT2D eigenvalue weighted by Crippen LogP contribution is 2.28. The molecular weight excluding hydrogens is 374 g/mol. The van der Waals surface area contributed by atoms with Crippen molar-refractivity contribution in [2.75, 3.05) is 12.4 Å². The van der Waals surface area contributed by atoms with Crippen LogP contribution >= 0.6 is 11.3 Å². The first kappa shape index (κ1) is 18.0. The Morgan fingerprint density at radius 1 is 1.14 bits per heavy atom. The van der Waals surface area contributed by atoms with Gasteiger partial charge in [-0.3, -0.25) is 9.78 Å². The number of hydrogen-bond acceptors (Lipinski definition) is 7. The van der Waals surface area contributed by atoms with E-state index in [9.17, 15) is 4.79 Å². The number of amides is 1. The van der Waals surface area contributed by atoms with Gasteiger partial charge in [0.05, 0.1) is 12.5 Å². The van der Waals surface area contributed by atoms with Crippen molar-refractivity contribution in [3.05, 3.63) is 59.7 Å². The van der Waals surface area contributed by atoms with Gasteiger partial charge >= 0.3 is 0 Å². The summed E-state index contributed by atoms with van der Waals surface area (Å²) in [5.41, 5.74) is 1.63. The molecule has 28 heavy (non-hydrogen) atoms. The topological polar surface area (TPSA) is 89.9 Å². The molecule has 1 amide bonds. The third-order valence-corrected chi connectivity index (χ3v) is 4.93. The lowest BCUT2D eigenvalue weighted by Crippen LogP contribution is -2.14. The minimum absolute atomic E-state index is 0.117. The molecule has 4 aromatic heterocycles. The fourth-order valence-electron chi connectivity index (χ4n) is 2.69. The van der Waals surface area contributed by atoms with Gasteiger partial charge in [0.1, 0.15) is 16.3 Å². The minimum atomic E-state index is -0.117. The van der Waals surface area contributed by atoms with Crippen molar-refractivity contribution >= 4 is 33.3 Å². The molecule has 1 N–H and O–H groups in total. The second-order valence-corrected chi connectivity index (χ2v) is 6.90. The van der Waals surface area contributed by atoms with Gasteiger partial charge in [-0.1, -0.05) is 12.1 Å². The number of thiophene rings is 1. The Labute approximate surface area is 165 Å². The summed E-state index contributed by atoms with van der Waals surface area (Å²) in [7, 11) is 1.57. The summed E-state index contributed by atoms with van der Waals surface area (Å²) in [5.74, 6) is 1.43. The van der Waals surface area contributed by atoms with Gasteiger partial charge < -0.3 is 10.1 Å². The van der Waals surface area contributed by atoms with E-state index in [1.165, 1.54) is 11.3 Å². The number of aryl methyl sites for hydroxylation is 1. The van der Waals surface area contributed by atoms with Gasteiger partial charge in [0.2, 0.25) is 11.8 Å². The van der Waals surface area contributed by atoms with E-state index in [1.807, 2.05) is 35.7 Å². The third-order valence-electron chi connectivity index (χ3n) is 4.12. The summed E-state index contributed by atoms with van der Waals surface area (Å²) in [6, 6.07) is 11.2. The predicted octanol–water partition coefficient (Wildman–Crippen LogP) is 3.73. The number of carbonyl (C=O) groups is 1. The molecule has 0 aliphatic heterocycles. The van der Waals surface area contributed by atoms with Crippen LogP contribution < -0.4 is 10.1 Å². The number of nitrogens with zero attached hydrogens (tertiary/aromatic N) is 4. The minimum Gasteiger partial charge on any atom is -0.481 e. The number of rotatable bonds is 6. The van der Waals surface area contributed by atoms with Crippen LogP contribution in [0, 0.1) is 0 Å². The van der Waals surface area contributed by atoms with E-state index >= 15 is 0 Å². The van der Waals surface area contributed by atoms with Crippen LogP contribution in [0.1, 0.15) is 12.0 Å². The highest BCUT2D eigenvalue weighted by atomic mass is 32.1. The highest BCUT2D eigenvalue weighted by molar-refractivity contribution is 7.16. The summed E-state index contributed by atoms with van der Waals surface area (Å²) in [4.78, 5) is 30.9. The summed E-state index contributed by atoms with van der Waals surface area (Å²) in [5, 5.41) is 5.67. The molecule has 0 atom stereocenters. The predicted molar refractivity (Wildman–Crippen MR) is 108 cm³/mol. The Morgan fingerprint density at radius 3 is 2.82 bits per heavy atom. The molecular formula is C20H17N5O2S. The van der Waals surface area contributed by atoms with Gasteiger partial charge in [0, 0.05) is 24.9 Å². The smallest absolute Gasteiger partial charge is 0.225 e. The number of nitrogens with one attached hydrogen (secondary N) is 1. The maximum atomic E-state index is 12.5. The lowest BCUT2D eigenvalue weighted by atomic mass is 10.1. The maximum Gasteiger partial charge on any atom is 0.225 e. The fourth-order valence-corrected chi connectivity index (χ4v) is 3.46. The molecule has 0 spiro atoms. The number of ether oxygens (including phenoxy) is 1. The summed E-state index contributed by atoms with van der Waals surface area (Å²) >= 11 is 1.50. The van der Waals surface area contributed by atoms with Crippen LogP contribution in [-0.4, -0.2) is 33.0 Å². The van der Waals surface area contributed by atoms with Crippen molar-refractivity contribution in [2.24, 2.45) is 0 Å². The molecule has 0 radical (unpaired) electrons. The molecule has 0 aliphatic rings. The number of carbonyl (C=O) groups excluding carboxylic acids is 1. The van der Waals surface area contributed by atoms with Crippen LogP contribution in [0.2, 0.25) is 0 Å². The molecule has 0 bridgehead atoms. The molecule has 0 unspecified atom stereocenters. The van der Waals surface area contributed by atoms with Crippen LogP contribution in [-0.2, 0) is 11.2 Å². The highest BCUT2D eigenvalue weighted by Gasteiger charge is 2.13. The van der Waals surface area contributed by atoms with Crippen molar-refractivity contribution in [3.63, 3.8) is 0 Å². The normalized spacial score (nSPS) is 10.8. The first-order valence-electron chi connectivity index (χ1n) is 8.68. The molecule has 4 heterocycles. The molecule has 7 nitrogen and oxygen atoms in total.